The second kappa shape index (κ2) is 6.22. The highest BCUT2D eigenvalue weighted by Crippen LogP contribution is 2.24. The van der Waals surface area contributed by atoms with Crippen molar-refractivity contribution in [3.8, 4) is 5.75 Å². The van der Waals surface area contributed by atoms with E-state index in [0.717, 1.165) is 17.7 Å². The zero-order chi connectivity index (χ0) is 15.6. The summed E-state index contributed by atoms with van der Waals surface area (Å²) in [6, 6.07) is 7.81. The lowest BCUT2D eigenvalue weighted by Crippen LogP contribution is -2.25. The Morgan fingerprint density at radius 2 is 1.90 bits per heavy atom. The molecule has 0 aliphatic heterocycles. The van der Waals surface area contributed by atoms with Crippen LogP contribution in [0.3, 0.4) is 0 Å². The quantitative estimate of drug-likeness (QED) is 0.773. The largest absolute Gasteiger partial charge is 0.482 e. The van der Waals surface area contributed by atoms with Crippen molar-refractivity contribution in [2.75, 3.05) is 0 Å². The van der Waals surface area contributed by atoms with Crippen molar-refractivity contribution < 1.29 is 18.3 Å². The van der Waals surface area contributed by atoms with Crippen molar-refractivity contribution in [1.82, 2.24) is 0 Å². The lowest BCUT2D eigenvalue weighted by atomic mass is 10.1. The molecule has 0 heterocycles. The Balaban J connectivity index is 2.19. The molecule has 0 spiro atoms. The van der Waals surface area contributed by atoms with Crippen LogP contribution in [0.15, 0.2) is 36.4 Å². The lowest BCUT2D eigenvalue weighted by Gasteiger charge is -2.16. The molecule has 2 rings (SSSR count). The summed E-state index contributed by atoms with van der Waals surface area (Å²) < 4.78 is 32.0. The Kier molecular flexibility index (Phi) is 4.58. The van der Waals surface area contributed by atoms with Crippen LogP contribution in [0.1, 0.15) is 22.8 Å². The van der Waals surface area contributed by atoms with Gasteiger partial charge in [0.2, 0.25) is 5.78 Å². The number of Topliss-reactive ketones (excluding diaryl/α,β-unsaturated/α-hetero) is 1. The van der Waals surface area contributed by atoms with E-state index >= 15 is 0 Å². The summed E-state index contributed by atoms with van der Waals surface area (Å²) in [6.07, 6.45) is -0.898. The van der Waals surface area contributed by atoms with Crippen molar-refractivity contribution in [3.63, 3.8) is 0 Å². The predicted molar refractivity (Wildman–Crippen MR) is 77.0 cm³/mol. The molecule has 0 fully saturated rings. The number of halogens is 3. The molecule has 110 valence electrons. The zero-order valence-electron chi connectivity index (χ0n) is 11.5. The van der Waals surface area contributed by atoms with Crippen LogP contribution in [-0.4, -0.2) is 11.9 Å². The first-order valence-electron chi connectivity index (χ1n) is 6.30. The third kappa shape index (κ3) is 3.58. The summed E-state index contributed by atoms with van der Waals surface area (Å²) >= 11 is 5.84. The summed E-state index contributed by atoms with van der Waals surface area (Å²) in [5.74, 6) is -1.70. The summed E-state index contributed by atoms with van der Waals surface area (Å²) in [4.78, 5) is 12.1. The van der Waals surface area contributed by atoms with Crippen molar-refractivity contribution in [1.29, 1.82) is 0 Å². The number of hydrogen-bond acceptors (Lipinski definition) is 2. The average molecular weight is 311 g/mol. The maximum Gasteiger partial charge on any atom is 0.205 e. The van der Waals surface area contributed by atoms with Crippen LogP contribution < -0.4 is 4.74 Å². The van der Waals surface area contributed by atoms with Gasteiger partial charge in [0.15, 0.2) is 6.10 Å². The molecule has 2 nitrogen and oxygen atoms in total. The molecule has 0 aromatic heterocycles. The highest BCUT2D eigenvalue weighted by atomic mass is 35.5. The van der Waals surface area contributed by atoms with E-state index in [4.69, 9.17) is 16.3 Å². The Morgan fingerprint density at radius 1 is 1.19 bits per heavy atom. The molecule has 0 N–H and O–H groups in total. The van der Waals surface area contributed by atoms with Gasteiger partial charge in [-0.1, -0.05) is 11.6 Å². The lowest BCUT2D eigenvalue weighted by molar-refractivity contribution is 0.0813. The Bertz CT molecular complexity index is 686. The molecule has 1 unspecified atom stereocenters. The third-order valence-electron chi connectivity index (χ3n) is 3.01. The number of aryl methyl sites for hydroxylation is 1. The van der Waals surface area contributed by atoms with E-state index in [1.165, 1.54) is 6.92 Å². The number of benzene rings is 2. The molecule has 2 aromatic rings. The maximum atomic E-state index is 13.6. The van der Waals surface area contributed by atoms with Gasteiger partial charge in [-0.15, -0.1) is 0 Å². The van der Waals surface area contributed by atoms with Crippen molar-refractivity contribution >= 4 is 17.4 Å². The van der Waals surface area contributed by atoms with Crippen molar-refractivity contribution in [2.45, 2.75) is 20.0 Å². The molecule has 5 heteroatoms. The molecule has 2 aromatic carbocycles. The molecule has 0 bridgehead atoms. The molecule has 0 aliphatic rings. The molecular weight excluding hydrogens is 298 g/mol. The minimum absolute atomic E-state index is 0.199. The van der Waals surface area contributed by atoms with E-state index in [0.29, 0.717) is 16.8 Å². The summed E-state index contributed by atoms with van der Waals surface area (Å²) in [7, 11) is 0. The van der Waals surface area contributed by atoms with Gasteiger partial charge in [-0.3, -0.25) is 4.79 Å². The van der Waals surface area contributed by atoms with Crippen LogP contribution in [0.4, 0.5) is 8.78 Å². The van der Waals surface area contributed by atoms with Crippen molar-refractivity contribution in [3.05, 3.63) is 64.2 Å². The number of rotatable bonds is 4. The Hall–Kier alpha value is -1.94. The highest BCUT2D eigenvalue weighted by Gasteiger charge is 2.21. The second-order valence-electron chi connectivity index (χ2n) is 4.66. The average Bonchev–Trinajstić information content (AvgIpc) is 2.41. The summed E-state index contributed by atoms with van der Waals surface area (Å²) in [5.41, 5.74) is 0.567. The molecule has 0 saturated carbocycles. The second-order valence-corrected chi connectivity index (χ2v) is 5.09. The monoisotopic (exact) mass is 310 g/mol. The molecular formula is C16H13ClF2O2. The SMILES string of the molecule is Cc1cc(Cl)ccc1OC(C)C(=O)c1ccc(F)cc1F. The van der Waals surface area contributed by atoms with E-state index < -0.39 is 23.5 Å². The minimum Gasteiger partial charge on any atom is -0.482 e. The standard InChI is InChI=1S/C16H13ClF2O2/c1-9-7-11(17)3-6-15(9)21-10(2)16(20)13-5-4-12(18)8-14(13)19/h3-8,10H,1-2H3. The number of carbonyl (C=O) groups excluding carboxylic acids is 1. The van der Waals surface area contributed by atoms with Crippen LogP contribution in [0.25, 0.3) is 0 Å². The van der Waals surface area contributed by atoms with E-state index in [-0.39, 0.29) is 5.56 Å². The van der Waals surface area contributed by atoms with Crippen LogP contribution in [-0.2, 0) is 0 Å². The van der Waals surface area contributed by atoms with E-state index in [1.54, 1.807) is 25.1 Å². The summed E-state index contributed by atoms with van der Waals surface area (Å²) in [6.45, 7) is 3.30. The molecule has 0 aliphatic carbocycles. The highest BCUT2D eigenvalue weighted by molar-refractivity contribution is 6.30. The van der Waals surface area contributed by atoms with Crippen LogP contribution in [0.5, 0.6) is 5.75 Å². The predicted octanol–water partition coefficient (Wildman–Crippen LogP) is 4.58. The molecule has 0 radical (unpaired) electrons. The van der Waals surface area contributed by atoms with Crippen molar-refractivity contribution in [2.24, 2.45) is 0 Å². The zero-order valence-corrected chi connectivity index (χ0v) is 12.2. The maximum absolute atomic E-state index is 13.6. The van der Waals surface area contributed by atoms with Crippen LogP contribution in [0, 0.1) is 18.6 Å². The first-order valence-corrected chi connectivity index (χ1v) is 6.68. The van der Waals surface area contributed by atoms with E-state index in [9.17, 15) is 13.6 Å². The van der Waals surface area contributed by atoms with Crippen LogP contribution in [0.2, 0.25) is 5.02 Å². The van der Waals surface area contributed by atoms with Gasteiger partial charge < -0.3 is 4.74 Å². The molecule has 21 heavy (non-hydrogen) atoms. The third-order valence-corrected chi connectivity index (χ3v) is 3.24. The molecule has 1 atom stereocenters. The Labute approximate surface area is 126 Å². The van der Waals surface area contributed by atoms with Gasteiger partial charge in [0.05, 0.1) is 5.56 Å². The van der Waals surface area contributed by atoms with Crippen LogP contribution >= 0.6 is 11.6 Å². The fourth-order valence-corrected chi connectivity index (χ4v) is 2.12. The molecule has 0 saturated heterocycles. The number of ether oxygens (including phenoxy) is 1. The fraction of sp³-hybridized carbons (Fsp3) is 0.188. The topological polar surface area (TPSA) is 26.3 Å². The van der Waals surface area contributed by atoms with Gasteiger partial charge >= 0.3 is 0 Å². The first kappa shape index (κ1) is 15.4. The van der Waals surface area contributed by atoms with E-state index in [1.807, 2.05) is 0 Å². The van der Waals surface area contributed by atoms with Gasteiger partial charge in [0, 0.05) is 11.1 Å². The van der Waals surface area contributed by atoms with Gasteiger partial charge in [0.1, 0.15) is 17.4 Å². The number of carbonyl (C=O) groups is 1. The minimum atomic E-state index is -0.900. The van der Waals surface area contributed by atoms with E-state index in [2.05, 4.69) is 0 Å². The Morgan fingerprint density at radius 3 is 2.52 bits per heavy atom. The van der Waals surface area contributed by atoms with Gasteiger partial charge in [-0.25, -0.2) is 8.78 Å². The number of ketones is 1. The normalized spacial score (nSPS) is 12.0. The first-order chi connectivity index (χ1) is 9.88. The van der Waals surface area contributed by atoms with Gasteiger partial charge in [-0.2, -0.15) is 0 Å². The van der Waals surface area contributed by atoms with Gasteiger partial charge in [-0.05, 0) is 49.7 Å². The smallest absolute Gasteiger partial charge is 0.205 e. The van der Waals surface area contributed by atoms with Gasteiger partial charge in [0.25, 0.3) is 0 Å². The fourth-order valence-electron chi connectivity index (χ4n) is 1.90. The number of hydrogen-bond donors (Lipinski definition) is 0. The summed E-state index contributed by atoms with van der Waals surface area (Å²) in [5, 5.41) is 0.559. The molecule has 0 amide bonds.